The number of carbonyl (C=O) groups excluding carboxylic acids is 2. The second-order valence-corrected chi connectivity index (χ2v) is 8.41. The molecule has 2 aromatic carbocycles. The fourth-order valence-corrected chi connectivity index (χ4v) is 4.09. The van der Waals surface area contributed by atoms with E-state index in [1.807, 2.05) is 92.6 Å². The number of aryl methyl sites for hydroxylation is 1. The molecule has 1 N–H and O–H groups in total. The van der Waals surface area contributed by atoms with Crippen molar-refractivity contribution in [1.82, 2.24) is 19.8 Å². The van der Waals surface area contributed by atoms with E-state index in [1.54, 1.807) is 0 Å². The first-order chi connectivity index (χ1) is 14.8. The minimum Gasteiger partial charge on any atom is -0.352 e. The van der Waals surface area contributed by atoms with Gasteiger partial charge in [-0.25, -0.2) is 4.98 Å². The van der Waals surface area contributed by atoms with E-state index < -0.39 is 0 Å². The van der Waals surface area contributed by atoms with Crippen LogP contribution >= 0.6 is 0 Å². The molecule has 3 aromatic rings. The van der Waals surface area contributed by atoms with Gasteiger partial charge in [-0.2, -0.15) is 0 Å². The van der Waals surface area contributed by atoms with Crippen LogP contribution in [0.4, 0.5) is 0 Å². The van der Waals surface area contributed by atoms with Crippen LogP contribution in [0.25, 0.3) is 11.0 Å². The molecule has 0 spiro atoms. The molecule has 0 fully saturated rings. The predicted molar refractivity (Wildman–Crippen MR) is 124 cm³/mol. The molecule has 0 bridgehead atoms. The van der Waals surface area contributed by atoms with E-state index in [-0.39, 0.29) is 30.4 Å². The lowest BCUT2D eigenvalue weighted by molar-refractivity contribution is -0.135. The van der Waals surface area contributed by atoms with Crippen molar-refractivity contribution in [2.24, 2.45) is 0 Å². The summed E-state index contributed by atoms with van der Waals surface area (Å²) in [5.41, 5.74) is 3.41. The molecule has 1 heterocycles. The molecule has 1 aromatic heterocycles. The Balaban J connectivity index is 1.78. The van der Waals surface area contributed by atoms with Gasteiger partial charge in [0.1, 0.15) is 12.4 Å². The van der Waals surface area contributed by atoms with Gasteiger partial charge in [-0.05, 0) is 58.4 Å². The van der Waals surface area contributed by atoms with Gasteiger partial charge in [0.05, 0.1) is 11.0 Å². The van der Waals surface area contributed by atoms with Gasteiger partial charge >= 0.3 is 0 Å². The zero-order chi connectivity index (χ0) is 22.5. The van der Waals surface area contributed by atoms with Gasteiger partial charge in [0.15, 0.2) is 0 Å². The monoisotopic (exact) mass is 420 g/mol. The molecular formula is C25H32N4O2. The smallest absolute Gasteiger partial charge is 0.251 e. The highest BCUT2D eigenvalue weighted by Crippen LogP contribution is 2.18. The number of benzene rings is 2. The van der Waals surface area contributed by atoms with Crippen LogP contribution in [-0.4, -0.2) is 44.9 Å². The SMILES string of the molecule is Cc1ccccc1C(=O)NCCc1nc2ccccc2n1CC(=O)N(C(C)C)C(C)C. The van der Waals surface area contributed by atoms with Gasteiger partial charge in [0.2, 0.25) is 5.91 Å². The highest BCUT2D eigenvalue weighted by Gasteiger charge is 2.22. The first-order valence-electron chi connectivity index (χ1n) is 10.9. The van der Waals surface area contributed by atoms with E-state index in [2.05, 4.69) is 5.32 Å². The Morgan fingerprint density at radius 1 is 1.00 bits per heavy atom. The molecule has 0 radical (unpaired) electrons. The van der Waals surface area contributed by atoms with Gasteiger partial charge in [-0.1, -0.05) is 30.3 Å². The standard InChI is InChI=1S/C25H32N4O2/c1-17(2)29(18(3)4)24(30)16-28-22-13-9-8-12-21(22)27-23(28)14-15-26-25(31)20-11-7-6-10-19(20)5/h6-13,17-18H,14-16H2,1-5H3,(H,26,31). The van der Waals surface area contributed by atoms with Crippen LogP contribution < -0.4 is 5.32 Å². The van der Waals surface area contributed by atoms with E-state index in [1.165, 1.54) is 0 Å². The van der Waals surface area contributed by atoms with Crippen LogP contribution in [0.3, 0.4) is 0 Å². The number of imidazole rings is 1. The van der Waals surface area contributed by atoms with E-state index >= 15 is 0 Å². The number of para-hydroxylation sites is 2. The molecule has 31 heavy (non-hydrogen) atoms. The fraction of sp³-hybridized carbons (Fsp3) is 0.400. The predicted octanol–water partition coefficient (Wildman–Crippen LogP) is 3.96. The largest absolute Gasteiger partial charge is 0.352 e. The third-order valence-corrected chi connectivity index (χ3v) is 5.45. The number of amides is 2. The molecule has 164 valence electrons. The molecular weight excluding hydrogens is 388 g/mol. The van der Waals surface area contributed by atoms with Crippen molar-refractivity contribution in [1.29, 1.82) is 0 Å². The van der Waals surface area contributed by atoms with Gasteiger partial charge in [-0.15, -0.1) is 0 Å². The molecule has 0 aliphatic heterocycles. The Morgan fingerprint density at radius 3 is 2.32 bits per heavy atom. The minimum atomic E-state index is -0.0948. The maximum atomic E-state index is 13.1. The maximum Gasteiger partial charge on any atom is 0.251 e. The average Bonchev–Trinajstić information content (AvgIpc) is 3.05. The number of rotatable bonds is 8. The maximum absolute atomic E-state index is 13.1. The van der Waals surface area contributed by atoms with Gasteiger partial charge in [0.25, 0.3) is 5.91 Å². The highest BCUT2D eigenvalue weighted by atomic mass is 16.2. The third-order valence-electron chi connectivity index (χ3n) is 5.45. The zero-order valence-electron chi connectivity index (χ0n) is 19.1. The summed E-state index contributed by atoms with van der Waals surface area (Å²) in [6.45, 7) is 10.7. The highest BCUT2D eigenvalue weighted by molar-refractivity contribution is 5.95. The topological polar surface area (TPSA) is 67.2 Å². The minimum absolute atomic E-state index is 0.0679. The second-order valence-electron chi connectivity index (χ2n) is 8.41. The Hall–Kier alpha value is -3.15. The lowest BCUT2D eigenvalue weighted by Crippen LogP contribution is -2.43. The van der Waals surface area contributed by atoms with Gasteiger partial charge in [0, 0.05) is 30.6 Å². The number of aromatic nitrogens is 2. The van der Waals surface area contributed by atoms with Crippen molar-refractivity contribution < 1.29 is 9.59 Å². The molecule has 0 aliphatic rings. The first-order valence-corrected chi connectivity index (χ1v) is 10.9. The molecule has 0 saturated heterocycles. The number of fused-ring (bicyclic) bond motifs is 1. The van der Waals surface area contributed by atoms with Crippen LogP contribution in [-0.2, 0) is 17.8 Å². The molecule has 0 aliphatic carbocycles. The zero-order valence-corrected chi connectivity index (χ0v) is 19.1. The molecule has 0 unspecified atom stereocenters. The van der Waals surface area contributed by atoms with Crippen LogP contribution in [0.5, 0.6) is 0 Å². The number of nitrogens with zero attached hydrogens (tertiary/aromatic N) is 3. The Morgan fingerprint density at radius 2 is 1.65 bits per heavy atom. The van der Waals surface area contributed by atoms with Crippen molar-refractivity contribution in [3.8, 4) is 0 Å². The molecule has 6 nitrogen and oxygen atoms in total. The summed E-state index contributed by atoms with van der Waals surface area (Å²) in [6, 6.07) is 15.6. The lowest BCUT2D eigenvalue weighted by atomic mass is 10.1. The van der Waals surface area contributed by atoms with Crippen molar-refractivity contribution in [2.45, 2.75) is 59.7 Å². The molecule has 6 heteroatoms. The van der Waals surface area contributed by atoms with Crippen LogP contribution in [0.1, 0.15) is 49.4 Å². The first kappa shape index (κ1) is 22.5. The summed E-state index contributed by atoms with van der Waals surface area (Å²) in [7, 11) is 0. The Kier molecular flexibility index (Phi) is 7.10. The summed E-state index contributed by atoms with van der Waals surface area (Å²) >= 11 is 0. The van der Waals surface area contributed by atoms with Crippen LogP contribution in [0.15, 0.2) is 48.5 Å². The van der Waals surface area contributed by atoms with E-state index in [0.717, 1.165) is 22.4 Å². The van der Waals surface area contributed by atoms with Crippen LogP contribution in [0.2, 0.25) is 0 Å². The Bertz CT molecular complexity index is 1060. The quantitative estimate of drug-likeness (QED) is 0.600. The number of nitrogens with one attached hydrogen (secondary N) is 1. The van der Waals surface area contributed by atoms with E-state index in [0.29, 0.717) is 18.5 Å². The van der Waals surface area contributed by atoms with E-state index in [4.69, 9.17) is 4.98 Å². The summed E-state index contributed by atoms with van der Waals surface area (Å²) in [5, 5.41) is 2.98. The molecule has 0 atom stereocenters. The van der Waals surface area contributed by atoms with Crippen molar-refractivity contribution >= 4 is 22.8 Å². The normalized spacial score (nSPS) is 11.3. The summed E-state index contributed by atoms with van der Waals surface area (Å²) in [6.07, 6.45) is 0.545. The van der Waals surface area contributed by atoms with Crippen LogP contribution in [0, 0.1) is 6.92 Å². The van der Waals surface area contributed by atoms with Gasteiger partial charge < -0.3 is 14.8 Å². The number of hydrogen-bond donors (Lipinski definition) is 1. The summed E-state index contributed by atoms with van der Waals surface area (Å²) in [4.78, 5) is 32.3. The third kappa shape index (κ3) is 5.13. The fourth-order valence-electron chi connectivity index (χ4n) is 4.09. The van der Waals surface area contributed by atoms with Crippen molar-refractivity contribution in [3.05, 3.63) is 65.5 Å². The molecule has 3 rings (SSSR count). The number of carbonyl (C=O) groups is 2. The van der Waals surface area contributed by atoms with Crippen molar-refractivity contribution in [2.75, 3.05) is 6.54 Å². The summed E-state index contributed by atoms with van der Waals surface area (Å²) in [5.74, 6) is 0.771. The van der Waals surface area contributed by atoms with Crippen molar-refractivity contribution in [3.63, 3.8) is 0 Å². The second kappa shape index (κ2) is 9.77. The summed E-state index contributed by atoms with van der Waals surface area (Å²) < 4.78 is 1.98. The Labute approximate surface area is 184 Å². The molecule has 0 saturated carbocycles. The molecule has 2 amide bonds. The average molecular weight is 421 g/mol. The lowest BCUT2D eigenvalue weighted by Gasteiger charge is -2.31. The number of hydrogen-bond acceptors (Lipinski definition) is 3. The van der Waals surface area contributed by atoms with Gasteiger partial charge in [-0.3, -0.25) is 9.59 Å². The van der Waals surface area contributed by atoms with E-state index in [9.17, 15) is 9.59 Å².